The summed E-state index contributed by atoms with van der Waals surface area (Å²) in [6, 6.07) is 0.0671. The Morgan fingerprint density at radius 1 is 1.62 bits per heavy atom. The third-order valence-corrected chi connectivity index (χ3v) is 2.95. The van der Waals surface area contributed by atoms with E-state index in [9.17, 15) is 5.11 Å². The molecular formula is C7H10N2O3S. The summed E-state index contributed by atoms with van der Waals surface area (Å²) >= 11 is 4.97. The molecule has 0 saturated carbocycles. The number of hydrogen-bond acceptors (Lipinski definition) is 4. The molecule has 0 aromatic rings. The van der Waals surface area contributed by atoms with Crippen molar-refractivity contribution in [3.63, 3.8) is 0 Å². The topological polar surface area (TPSA) is 62.8 Å². The first-order valence-corrected chi connectivity index (χ1v) is 4.66. The smallest absolute Gasteiger partial charge is 0.206 e. The molecule has 0 spiro atoms. The van der Waals surface area contributed by atoms with Crippen molar-refractivity contribution >= 4 is 17.3 Å². The third kappa shape index (κ3) is 0.999. The zero-order chi connectivity index (χ0) is 9.05. The lowest BCUT2D eigenvalue weighted by Crippen LogP contribution is -2.71. The molecule has 0 amide bonds. The van der Waals surface area contributed by atoms with Gasteiger partial charge in [0.1, 0.15) is 6.10 Å². The Morgan fingerprint density at radius 2 is 2.46 bits per heavy atom. The summed E-state index contributed by atoms with van der Waals surface area (Å²) in [5, 5.41) is 16.4. The van der Waals surface area contributed by atoms with Crippen molar-refractivity contribution < 1.29 is 14.6 Å². The average Bonchev–Trinajstić information content (AvgIpc) is 2.46. The average molecular weight is 202 g/mol. The molecule has 3 heterocycles. The minimum Gasteiger partial charge on any atom is -0.366 e. The van der Waals surface area contributed by atoms with Crippen LogP contribution in [-0.2, 0) is 9.47 Å². The minimum atomic E-state index is -1.14. The summed E-state index contributed by atoms with van der Waals surface area (Å²) < 4.78 is 10.8. The predicted molar refractivity (Wildman–Crippen MR) is 46.8 cm³/mol. The van der Waals surface area contributed by atoms with E-state index in [1.54, 1.807) is 0 Å². The zero-order valence-corrected chi connectivity index (χ0v) is 7.63. The summed E-state index contributed by atoms with van der Waals surface area (Å²) in [6.45, 7) is 0.523. The van der Waals surface area contributed by atoms with Crippen molar-refractivity contribution in [3.8, 4) is 0 Å². The molecule has 3 saturated heterocycles. The maximum absolute atomic E-state index is 10.1. The molecule has 6 heteroatoms. The molecule has 5 nitrogen and oxygen atoms in total. The first-order valence-electron chi connectivity index (χ1n) is 4.25. The quantitative estimate of drug-likeness (QED) is 0.423. The van der Waals surface area contributed by atoms with Crippen LogP contribution in [0.1, 0.15) is 6.42 Å². The normalized spacial score (nSPS) is 52.7. The highest BCUT2D eigenvalue weighted by atomic mass is 32.1. The number of hydrogen-bond donors (Lipinski definition) is 3. The molecule has 4 atom stereocenters. The van der Waals surface area contributed by atoms with E-state index in [1.807, 2.05) is 0 Å². The zero-order valence-electron chi connectivity index (χ0n) is 6.82. The van der Waals surface area contributed by atoms with Gasteiger partial charge >= 0.3 is 0 Å². The highest BCUT2D eigenvalue weighted by Crippen LogP contribution is 2.35. The molecule has 0 aromatic heterocycles. The van der Waals surface area contributed by atoms with Crippen LogP contribution >= 0.6 is 12.2 Å². The molecule has 3 rings (SSSR count). The van der Waals surface area contributed by atoms with Gasteiger partial charge in [-0.25, -0.2) is 0 Å². The van der Waals surface area contributed by atoms with Gasteiger partial charge in [0.2, 0.25) is 6.29 Å². The van der Waals surface area contributed by atoms with Crippen LogP contribution in [0.3, 0.4) is 0 Å². The minimum absolute atomic E-state index is 0.0188. The van der Waals surface area contributed by atoms with Crippen molar-refractivity contribution in [2.24, 2.45) is 0 Å². The van der Waals surface area contributed by atoms with Gasteiger partial charge in [0, 0.05) is 6.42 Å². The summed E-state index contributed by atoms with van der Waals surface area (Å²) in [5.74, 6) is 0. The molecule has 13 heavy (non-hydrogen) atoms. The third-order valence-electron chi connectivity index (χ3n) is 2.73. The van der Waals surface area contributed by atoms with Gasteiger partial charge in [-0.1, -0.05) is 0 Å². The molecule has 0 aliphatic carbocycles. The Labute approximate surface area is 80.4 Å². The van der Waals surface area contributed by atoms with E-state index in [2.05, 4.69) is 10.6 Å². The fraction of sp³-hybridized carbons (Fsp3) is 0.857. The van der Waals surface area contributed by atoms with Gasteiger partial charge in [-0.3, -0.25) is 0 Å². The van der Waals surface area contributed by atoms with Gasteiger partial charge in [0.05, 0.1) is 12.6 Å². The van der Waals surface area contributed by atoms with Crippen LogP contribution < -0.4 is 10.6 Å². The lowest BCUT2D eigenvalue weighted by molar-refractivity contribution is -0.228. The molecule has 3 fully saturated rings. The van der Waals surface area contributed by atoms with Gasteiger partial charge in [0.15, 0.2) is 10.8 Å². The Morgan fingerprint density at radius 3 is 3.31 bits per heavy atom. The van der Waals surface area contributed by atoms with E-state index in [0.717, 1.165) is 0 Å². The first kappa shape index (κ1) is 7.93. The van der Waals surface area contributed by atoms with Crippen molar-refractivity contribution in [1.82, 2.24) is 10.6 Å². The monoisotopic (exact) mass is 202 g/mol. The molecule has 3 N–H and O–H groups in total. The van der Waals surface area contributed by atoms with Gasteiger partial charge in [-0.15, -0.1) is 0 Å². The number of nitrogens with one attached hydrogen (secondary N) is 2. The fourth-order valence-corrected chi connectivity index (χ4v) is 2.43. The second-order valence-corrected chi connectivity index (χ2v) is 4.08. The SMILES string of the molecule is O[C@]12C[C@H](NC(=S)N1)[C@H]1CO[C@@H]2O1. The summed E-state index contributed by atoms with van der Waals surface area (Å²) in [4.78, 5) is 0. The lowest BCUT2D eigenvalue weighted by Gasteiger charge is -2.45. The van der Waals surface area contributed by atoms with Crippen LogP contribution in [0.25, 0.3) is 0 Å². The van der Waals surface area contributed by atoms with Gasteiger partial charge in [-0.2, -0.15) is 0 Å². The van der Waals surface area contributed by atoms with Crippen LogP contribution in [0.4, 0.5) is 0 Å². The number of rotatable bonds is 0. The standard InChI is InChI=1S/C7H10N2O3S/c10-7-1-3(8-6(13)9-7)4-2-11-5(7)12-4/h3-5,10H,1-2H2,(H2,8,9,13)/t3-,4+,5+,7-/m0/s1. The Bertz CT molecular complexity index is 274. The summed E-state index contributed by atoms with van der Waals surface area (Å²) in [5.41, 5.74) is -1.14. The number of thiocarbonyl (C=S) groups is 1. The highest BCUT2D eigenvalue weighted by Gasteiger charge is 2.55. The Balaban J connectivity index is 1.97. The van der Waals surface area contributed by atoms with E-state index in [-0.39, 0.29) is 12.1 Å². The van der Waals surface area contributed by atoms with Gasteiger partial charge < -0.3 is 25.2 Å². The maximum Gasteiger partial charge on any atom is 0.206 e. The largest absolute Gasteiger partial charge is 0.366 e. The second kappa shape index (κ2) is 2.33. The van der Waals surface area contributed by atoms with Gasteiger partial charge in [-0.05, 0) is 12.2 Å². The molecule has 4 bridgehead atoms. The first-order chi connectivity index (χ1) is 6.17. The molecule has 3 aliphatic rings. The summed E-state index contributed by atoms with van der Waals surface area (Å²) in [6.07, 6.45) is 0.0155. The van der Waals surface area contributed by atoms with Crippen LogP contribution in [0.5, 0.6) is 0 Å². The van der Waals surface area contributed by atoms with Crippen molar-refractivity contribution in [2.75, 3.05) is 6.61 Å². The van der Waals surface area contributed by atoms with E-state index in [4.69, 9.17) is 21.7 Å². The van der Waals surface area contributed by atoms with Crippen LogP contribution in [0.2, 0.25) is 0 Å². The number of fused-ring (bicyclic) bond motifs is 6. The van der Waals surface area contributed by atoms with Crippen LogP contribution in [0, 0.1) is 0 Å². The lowest BCUT2D eigenvalue weighted by atomic mass is 9.95. The Hall–Kier alpha value is -0.430. The fourth-order valence-electron chi connectivity index (χ4n) is 2.10. The molecule has 0 aromatic carbocycles. The maximum atomic E-state index is 10.1. The van der Waals surface area contributed by atoms with E-state index >= 15 is 0 Å². The molecule has 3 aliphatic heterocycles. The van der Waals surface area contributed by atoms with Crippen LogP contribution in [0.15, 0.2) is 0 Å². The number of ether oxygens (including phenoxy) is 2. The van der Waals surface area contributed by atoms with E-state index < -0.39 is 12.0 Å². The van der Waals surface area contributed by atoms with Crippen LogP contribution in [-0.4, -0.2) is 41.0 Å². The van der Waals surface area contributed by atoms with Gasteiger partial charge in [0.25, 0.3) is 0 Å². The van der Waals surface area contributed by atoms with Crippen molar-refractivity contribution in [3.05, 3.63) is 0 Å². The van der Waals surface area contributed by atoms with Crippen molar-refractivity contribution in [1.29, 1.82) is 0 Å². The Kier molecular flexibility index (Phi) is 1.42. The molecular weight excluding hydrogens is 192 g/mol. The van der Waals surface area contributed by atoms with Crippen molar-refractivity contribution in [2.45, 2.75) is 30.6 Å². The summed E-state index contributed by atoms with van der Waals surface area (Å²) in [7, 11) is 0. The highest BCUT2D eigenvalue weighted by molar-refractivity contribution is 7.80. The molecule has 0 unspecified atom stereocenters. The molecule has 0 radical (unpaired) electrons. The predicted octanol–water partition coefficient (Wildman–Crippen LogP) is -1.33. The molecule has 72 valence electrons. The van der Waals surface area contributed by atoms with E-state index in [0.29, 0.717) is 18.1 Å². The van der Waals surface area contributed by atoms with E-state index in [1.165, 1.54) is 0 Å². The second-order valence-electron chi connectivity index (χ2n) is 3.67. The number of aliphatic hydroxyl groups is 1.